The molecule has 0 bridgehead atoms. The van der Waals surface area contributed by atoms with Gasteiger partial charge in [0.1, 0.15) is 6.61 Å². The molecule has 0 fully saturated rings. The number of anilines is 3. The van der Waals surface area contributed by atoms with Gasteiger partial charge in [0.2, 0.25) is 5.91 Å². The molecule has 142 valence electrons. The summed E-state index contributed by atoms with van der Waals surface area (Å²) >= 11 is 2.83. The van der Waals surface area contributed by atoms with Gasteiger partial charge in [0.05, 0.1) is 23.1 Å². The van der Waals surface area contributed by atoms with E-state index in [2.05, 4.69) is 15.6 Å². The number of nitrogens with zero attached hydrogens (tertiary/aromatic N) is 1. The highest BCUT2D eigenvalue weighted by Crippen LogP contribution is 2.36. The Morgan fingerprint density at radius 3 is 2.79 bits per heavy atom. The molecule has 0 radical (unpaired) electrons. The van der Waals surface area contributed by atoms with Crippen LogP contribution in [0, 0.1) is 0 Å². The van der Waals surface area contributed by atoms with Gasteiger partial charge in [-0.15, -0.1) is 23.1 Å². The van der Waals surface area contributed by atoms with E-state index >= 15 is 0 Å². The summed E-state index contributed by atoms with van der Waals surface area (Å²) in [6.45, 7) is 0.0847. The zero-order valence-corrected chi connectivity index (χ0v) is 16.4. The standard InChI is InChI=1S/C20H17N3O3S2/c24-18(10-17-19(25)23-15-8-4-5-9-16(15)28-17)26-11-14-12-27-20(22-14)21-13-6-2-1-3-7-13/h1-9,12,17H,10-11H2,(H,21,22)(H,23,25)/t17-/m1/s1. The summed E-state index contributed by atoms with van der Waals surface area (Å²) in [6, 6.07) is 17.3. The van der Waals surface area contributed by atoms with Crippen LogP contribution >= 0.6 is 23.1 Å². The first-order valence-electron chi connectivity index (χ1n) is 8.66. The average molecular weight is 412 g/mol. The van der Waals surface area contributed by atoms with Gasteiger partial charge in [-0.1, -0.05) is 30.3 Å². The second-order valence-electron chi connectivity index (χ2n) is 6.09. The molecular formula is C20H17N3O3S2. The smallest absolute Gasteiger partial charge is 0.307 e. The highest BCUT2D eigenvalue weighted by atomic mass is 32.2. The maximum Gasteiger partial charge on any atom is 0.307 e. The Bertz CT molecular complexity index is 991. The van der Waals surface area contributed by atoms with Crippen molar-refractivity contribution in [2.45, 2.75) is 23.2 Å². The number of hydrogen-bond acceptors (Lipinski definition) is 7. The Balaban J connectivity index is 1.29. The van der Waals surface area contributed by atoms with E-state index in [1.807, 2.05) is 60.0 Å². The van der Waals surface area contributed by atoms with Crippen molar-refractivity contribution >= 4 is 51.5 Å². The van der Waals surface area contributed by atoms with Gasteiger partial charge in [0.25, 0.3) is 0 Å². The Morgan fingerprint density at radius 2 is 1.93 bits per heavy atom. The molecule has 0 aliphatic carbocycles. The zero-order chi connectivity index (χ0) is 19.3. The van der Waals surface area contributed by atoms with Crippen molar-refractivity contribution in [1.29, 1.82) is 0 Å². The predicted molar refractivity (Wildman–Crippen MR) is 111 cm³/mol. The Morgan fingerprint density at radius 1 is 1.14 bits per heavy atom. The van der Waals surface area contributed by atoms with Crippen molar-refractivity contribution in [2.24, 2.45) is 0 Å². The number of fused-ring (bicyclic) bond motifs is 1. The number of esters is 1. The van der Waals surface area contributed by atoms with E-state index in [1.54, 1.807) is 0 Å². The van der Waals surface area contributed by atoms with Crippen LogP contribution in [0.3, 0.4) is 0 Å². The highest BCUT2D eigenvalue weighted by Gasteiger charge is 2.29. The largest absolute Gasteiger partial charge is 0.459 e. The Hall–Kier alpha value is -2.84. The monoisotopic (exact) mass is 411 g/mol. The second-order valence-corrected chi connectivity index (χ2v) is 8.19. The molecule has 6 nitrogen and oxygen atoms in total. The fraction of sp³-hybridized carbons (Fsp3) is 0.150. The number of thioether (sulfide) groups is 1. The van der Waals surface area contributed by atoms with Crippen molar-refractivity contribution < 1.29 is 14.3 Å². The first kappa shape index (κ1) is 18.5. The number of rotatable bonds is 6. The van der Waals surface area contributed by atoms with Gasteiger partial charge in [-0.05, 0) is 24.3 Å². The molecule has 0 spiro atoms. The lowest BCUT2D eigenvalue weighted by Gasteiger charge is -2.23. The molecule has 8 heteroatoms. The zero-order valence-electron chi connectivity index (χ0n) is 14.8. The first-order valence-corrected chi connectivity index (χ1v) is 10.4. The van der Waals surface area contributed by atoms with Gasteiger partial charge in [-0.2, -0.15) is 0 Å². The third-order valence-corrected chi connectivity index (χ3v) is 6.10. The number of benzene rings is 2. The molecule has 1 aromatic heterocycles. The van der Waals surface area contributed by atoms with E-state index < -0.39 is 11.2 Å². The first-order chi connectivity index (χ1) is 13.7. The van der Waals surface area contributed by atoms with E-state index in [-0.39, 0.29) is 18.9 Å². The van der Waals surface area contributed by atoms with Gasteiger partial charge in [-0.3, -0.25) is 9.59 Å². The summed E-state index contributed by atoms with van der Waals surface area (Å²) in [5, 5.41) is 8.12. The van der Waals surface area contributed by atoms with E-state index in [9.17, 15) is 9.59 Å². The van der Waals surface area contributed by atoms with Crippen molar-refractivity contribution in [1.82, 2.24) is 4.98 Å². The third kappa shape index (κ3) is 4.52. The Labute approximate surface area is 170 Å². The Kier molecular flexibility index (Phi) is 5.59. The highest BCUT2D eigenvalue weighted by molar-refractivity contribution is 8.01. The number of ether oxygens (including phenoxy) is 1. The van der Waals surface area contributed by atoms with Crippen LogP contribution in [0.4, 0.5) is 16.5 Å². The van der Waals surface area contributed by atoms with Crippen LogP contribution in [0.2, 0.25) is 0 Å². The SMILES string of the molecule is O=C(C[C@H]1Sc2ccccc2NC1=O)OCc1csc(Nc2ccccc2)n1. The van der Waals surface area contributed by atoms with E-state index in [4.69, 9.17) is 4.74 Å². The second kappa shape index (κ2) is 8.45. The summed E-state index contributed by atoms with van der Waals surface area (Å²) in [5.41, 5.74) is 2.40. The van der Waals surface area contributed by atoms with Gasteiger partial charge in [-0.25, -0.2) is 4.98 Å². The van der Waals surface area contributed by atoms with Crippen molar-refractivity contribution in [2.75, 3.05) is 10.6 Å². The topological polar surface area (TPSA) is 80.3 Å². The van der Waals surface area contributed by atoms with Crippen LogP contribution in [0.25, 0.3) is 0 Å². The van der Waals surface area contributed by atoms with Gasteiger partial charge < -0.3 is 15.4 Å². The molecule has 3 aromatic rings. The van der Waals surface area contributed by atoms with Crippen molar-refractivity contribution in [3.8, 4) is 0 Å². The van der Waals surface area contributed by atoms with Crippen LogP contribution in [-0.2, 0) is 20.9 Å². The maximum absolute atomic E-state index is 12.2. The quantitative estimate of drug-likeness (QED) is 0.584. The number of hydrogen-bond donors (Lipinski definition) is 2. The van der Waals surface area contributed by atoms with Crippen LogP contribution in [-0.4, -0.2) is 22.1 Å². The molecule has 2 heterocycles. The lowest BCUT2D eigenvalue weighted by molar-refractivity contribution is -0.145. The average Bonchev–Trinajstić information content (AvgIpc) is 3.15. The predicted octanol–water partition coefficient (Wildman–Crippen LogP) is 4.43. The number of thiazole rings is 1. The third-order valence-electron chi connectivity index (χ3n) is 4.02. The minimum Gasteiger partial charge on any atom is -0.459 e. The van der Waals surface area contributed by atoms with E-state index in [1.165, 1.54) is 23.1 Å². The number of amides is 1. The van der Waals surface area contributed by atoms with Gasteiger partial charge >= 0.3 is 5.97 Å². The van der Waals surface area contributed by atoms with Crippen LogP contribution in [0.5, 0.6) is 0 Å². The summed E-state index contributed by atoms with van der Waals surface area (Å²) in [7, 11) is 0. The van der Waals surface area contributed by atoms with Crippen molar-refractivity contribution in [3.05, 3.63) is 65.7 Å². The summed E-state index contributed by atoms with van der Waals surface area (Å²) in [6.07, 6.45) is 0.0180. The number of nitrogens with one attached hydrogen (secondary N) is 2. The normalized spacial score (nSPS) is 15.4. The lowest BCUT2D eigenvalue weighted by Crippen LogP contribution is -2.31. The number of carbonyl (C=O) groups is 2. The van der Waals surface area contributed by atoms with Crippen LogP contribution in [0.1, 0.15) is 12.1 Å². The lowest BCUT2D eigenvalue weighted by atomic mass is 10.2. The molecule has 2 aromatic carbocycles. The maximum atomic E-state index is 12.2. The molecule has 1 amide bonds. The fourth-order valence-corrected chi connectivity index (χ4v) is 4.48. The van der Waals surface area contributed by atoms with Crippen LogP contribution in [0.15, 0.2) is 64.9 Å². The summed E-state index contributed by atoms with van der Waals surface area (Å²) in [5.74, 6) is -0.596. The van der Waals surface area contributed by atoms with Gasteiger partial charge in [0, 0.05) is 16.0 Å². The summed E-state index contributed by atoms with van der Waals surface area (Å²) in [4.78, 5) is 29.7. The molecule has 2 N–H and O–H groups in total. The fourth-order valence-electron chi connectivity index (χ4n) is 2.67. The molecular weight excluding hydrogens is 394 g/mol. The molecule has 1 atom stereocenters. The van der Waals surface area contributed by atoms with Crippen molar-refractivity contribution in [3.63, 3.8) is 0 Å². The molecule has 1 aliphatic heterocycles. The van der Waals surface area contributed by atoms with E-state index in [0.29, 0.717) is 5.69 Å². The number of aromatic nitrogens is 1. The minimum absolute atomic E-state index is 0.0180. The number of carbonyl (C=O) groups excluding carboxylic acids is 2. The van der Waals surface area contributed by atoms with E-state index in [0.717, 1.165) is 21.4 Å². The number of para-hydroxylation sites is 2. The summed E-state index contributed by atoms with van der Waals surface area (Å²) < 4.78 is 5.31. The molecule has 4 rings (SSSR count). The minimum atomic E-state index is -0.492. The molecule has 0 saturated heterocycles. The molecule has 0 unspecified atom stereocenters. The molecule has 0 saturated carbocycles. The van der Waals surface area contributed by atoms with Gasteiger partial charge in [0.15, 0.2) is 5.13 Å². The van der Waals surface area contributed by atoms with Crippen LogP contribution < -0.4 is 10.6 Å². The molecule has 28 heavy (non-hydrogen) atoms. The molecule has 1 aliphatic rings.